The van der Waals surface area contributed by atoms with Crippen LogP contribution in [0.1, 0.15) is 0 Å². The molecular weight excluding hydrogens is 226 g/mol. The van der Waals surface area contributed by atoms with Gasteiger partial charge in [0.15, 0.2) is 11.0 Å². The number of hydrogen-bond acceptors (Lipinski definition) is 4. The topological polar surface area (TPSA) is 47.0 Å². The Morgan fingerprint density at radius 1 is 1.12 bits per heavy atom. The molecule has 0 spiro atoms. The fraction of sp³-hybridized carbons (Fsp3) is 0.0909. The van der Waals surface area contributed by atoms with Crippen molar-refractivity contribution in [1.82, 2.24) is 10.2 Å². The molecule has 1 aromatic carbocycles. The van der Waals surface area contributed by atoms with Gasteiger partial charge >= 0.3 is 0 Å². The highest BCUT2D eigenvalue weighted by Gasteiger charge is 2.02. The number of halogens is 1. The molecule has 2 aromatic rings. The minimum atomic E-state index is 0.366. The number of rotatable bonds is 3. The molecule has 0 saturated heterocycles. The van der Waals surface area contributed by atoms with Gasteiger partial charge in [-0.15, -0.1) is 10.2 Å². The van der Waals surface area contributed by atoms with Crippen molar-refractivity contribution in [2.75, 3.05) is 12.4 Å². The first-order chi connectivity index (χ1) is 7.79. The van der Waals surface area contributed by atoms with Gasteiger partial charge in [-0.3, -0.25) is 0 Å². The summed E-state index contributed by atoms with van der Waals surface area (Å²) >= 11 is 5.65. The minimum absolute atomic E-state index is 0.366. The molecule has 0 amide bonds. The van der Waals surface area contributed by atoms with E-state index in [-0.39, 0.29) is 0 Å². The lowest BCUT2D eigenvalue weighted by Gasteiger charge is -2.09. The van der Waals surface area contributed by atoms with Crippen LogP contribution < -0.4 is 10.1 Å². The van der Waals surface area contributed by atoms with Crippen molar-refractivity contribution in [3.63, 3.8) is 0 Å². The summed E-state index contributed by atoms with van der Waals surface area (Å²) in [4.78, 5) is 0. The Labute approximate surface area is 98.2 Å². The summed E-state index contributed by atoms with van der Waals surface area (Å²) in [5.41, 5.74) is 0.835. The molecule has 0 atom stereocenters. The first-order valence-corrected chi connectivity index (χ1v) is 5.06. The van der Waals surface area contributed by atoms with Crippen LogP contribution in [0.2, 0.25) is 5.15 Å². The molecule has 0 aliphatic heterocycles. The van der Waals surface area contributed by atoms with E-state index in [1.807, 2.05) is 24.3 Å². The molecule has 0 bridgehead atoms. The molecule has 1 aromatic heterocycles. The summed E-state index contributed by atoms with van der Waals surface area (Å²) < 4.78 is 5.20. The van der Waals surface area contributed by atoms with Crippen molar-refractivity contribution in [3.05, 3.63) is 41.6 Å². The zero-order valence-corrected chi connectivity index (χ0v) is 9.40. The van der Waals surface area contributed by atoms with E-state index in [4.69, 9.17) is 16.3 Å². The molecule has 2 rings (SSSR count). The number of anilines is 2. The van der Waals surface area contributed by atoms with Crippen LogP contribution in [0.5, 0.6) is 5.75 Å². The third-order valence-electron chi connectivity index (χ3n) is 2.00. The molecule has 5 heteroatoms. The second-order valence-corrected chi connectivity index (χ2v) is 3.45. The Morgan fingerprint density at radius 2 is 1.94 bits per heavy atom. The van der Waals surface area contributed by atoms with Crippen LogP contribution in [0.25, 0.3) is 0 Å². The first kappa shape index (κ1) is 10.7. The maximum absolute atomic E-state index is 5.65. The summed E-state index contributed by atoms with van der Waals surface area (Å²) in [6.45, 7) is 0. The Hall–Kier alpha value is -1.81. The first-order valence-electron chi connectivity index (χ1n) is 4.69. The molecule has 1 N–H and O–H groups in total. The highest BCUT2D eigenvalue weighted by Crippen LogP contribution is 2.25. The Balaban J connectivity index is 2.23. The lowest BCUT2D eigenvalue weighted by molar-refractivity contribution is 0.417. The summed E-state index contributed by atoms with van der Waals surface area (Å²) in [6, 6.07) is 11.0. The van der Waals surface area contributed by atoms with Crippen LogP contribution in [0.15, 0.2) is 36.4 Å². The lowest BCUT2D eigenvalue weighted by atomic mass is 10.3. The van der Waals surface area contributed by atoms with Gasteiger partial charge in [0.1, 0.15) is 5.75 Å². The number of hydrogen-bond donors (Lipinski definition) is 1. The van der Waals surface area contributed by atoms with Crippen LogP contribution in [0, 0.1) is 0 Å². The molecule has 0 radical (unpaired) electrons. The predicted molar refractivity (Wildman–Crippen MR) is 63.3 cm³/mol. The van der Waals surface area contributed by atoms with E-state index in [1.165, 1.54) is 0 Å². The van der Waals surface area contributed by atoms with Crippen LogP contribution in [-0.4, -0.2) is 17.3 Å². The van der Waals surface area contributed by atoms with Gasteiger partial charge in [0, 0.05) is 0 Å². The third kappa shape index (κ3) is 2.41. The second-order valence-electron chi connectivity index (χ2n) is 3.07. The SMILES string of the molecule is COc1ccccc1Nc1ccc(Cl)nn1. The number of methoxy groups -OCH3 is 1. The monoisotopic (exact) mass is 235 g/mol. The molecule has 0 unspecified atom stereocenters. The van der Waals surface area contributed by atoms with Crippen LogP contribution in [0.3, 0.4) is 0 Å². The summed E-state index contributed by atoms with van der Waals surface area (Å²) in [6.07, 6.45) is 0. The van der Waals surface area contributed by atoms with Crippen molar-refractivity contribution in [3.8, 4) is 5.75 Å². The number of nitrogens with zero attached hydrogens (tertiary/aromatic N) is 2. The summed E-state index contributed by atoms with van der Waals surface area (Å²) in [5.74, 6) is 1.37. The zero-order chi connectivity index (χ0) is 11.4. The molecule has 0 aliphatic carbocycles. The number of para-hydroxylation sites is 2. The van der Waals surface area contributed by atoms with Crippen molar-refractivity contribution in [2.24, 2.45) is 0 Å². The number of aromatic nitrogens is 2. The van der Waals surface area contributed by atoms with Crippen LogP contribution in [-0.2, 0) is 0 Å². The quantitative estimate of drug-likeness (QED) is 0.889. The highest BCUT2D eigenvalue weighted by molar-refractivity contribution is 6.29. The molecule has 0 saturated carbocycles. The largest absolute Gasteiger partial charge is 0.495 e. The Kier molecular flexibility index (Phi) is 3.22. The van der Waals surface area contributed by atoms with Gasteiger partial charge in [-0.1, -0.05) is 23.7 Å². The third-order valence-corrected chi connectivity index (χ3v) is 2.20. The standard InChI is InChI=1S/C11H10ClN3O/c1-16-9-5-3-2-4-8(9)13-11-7-6-10(12)14-15-11/h2-7H,1H3,(H,13,15). The van der Waals surface area contributed by atoms with E-state index in [0.717, 1.165) is 11.4 Å². The van der Waals surface area contributed by atoms with Gasteiger partial charge in [-0.05, 0) is 24.3 Å². The van der Waals surface area contributed by atoms with Crippen LogP contribution in [0.4, 0.5) is 11.5 Å². The van der Waals surface area contributed by atoms with Crippen molar-refractivity contribution >= 4 is 23.1 Å². The lowest BCUT2D eigenvalue weighted by Crippen LogP contribution is -1.97. The fourth-order valence-corrected chi connectivity index (χ4v) is 1.37. The van der Waals surface area contributed by atoms with Gasteiger partial charge < -0.3 is 10.1 Å². The second kappa shape index (κ2) is 4.81. The van der Waals surface area contributed by atoms with Gasteiger partial charge in [-0.25, -0.2) is 0 Å². The maximum atomic E-state index is 5.65. The minimum Gasteiger partial charge on any atom is -0.495 e. The van der Waals surface area contributed by atoms with E-state index in [1.54, 1.807) is 19.2 Å². The average molecular weight is 236 g/mol. The molecule has 0 fully saturated rings. The van der Waals surface area contributed by atoms with Crippen molar-refractivity contribution in [2.45, 2.75) is 0 Å². The van der Waals surface area contributed by atoms with E-state index >= 15 is 0 Å². The van der Waals surface area contributed by atoms with Crippen molar-refractivity contribution < 1.29 is 4.74 Å². The molecule has 82 valence electrons. The molecular formula is C11H10ClN3O. The van der Waals surface area contributed by atoms with E-state index in [9.17, 15) is 0 Å². The molecule has 0 aliphatic rings. The Morgan fingerprint density at radius 3 is 2.62 bits per heavy atom. The predicted octanol–water partition coefficient (Wildman–Crippen LogP) is 2.88. The number of nitrogens with one attached hydrogen (secondary N) is 1. The van der Waals surface area contributed by atoms with Crippen molar-refractivity contribution in [1.29, 1.82) is 0 Å². The van der Waals surface area contributed by atoms with Gasteiger partial charge in [0.2, 0.25) is 0 Å². The number of ether oxygens (including phenoxy) is 1. The maximum Gasteiger partial charge on any atom is 0.153 e. The normalized spacial score (nSPS) is 9.88. The van der Waals surface area contributed by atoms with Gasteiger partial charge in [0.05, 0.1) is 12.8 Å². The fourth-order valence-electron chi connectivity index (χ4n) is 1.27. The Bertz CT molecular complexity index is 473. The number of benzene rings is 1. The molecule has 1 heterocycles. The van der Waals surface area contributed by atoms with E-state index in [2.05, 4.69) is 15.5 Å². The van der Waals surface area contributed by atoms with E-state index in [0.29, 0.717) is 11.0 Å². The molecule has 16 heavy (non-hydrogen) atoms. The van der Waals surface area contributed by atoms with E-state index < -0.39 is 0 Å². The highest BCUT2D eigenvalue weighted by atomic mass is 35.5. The van der Waals surface area contributed by atoms with Crippen LogP contribution >= 0.6 is 11.6 Å². The average Bonchev–Trinajstić information content (AvgIpc) is 2.33. The van der Waals surface area contributed by atoms with Gasteiger partial charge in [-0.2, -0.15) is 0 Å². The summed E-state index contributed by atoms with van der Waals surface area (Å²) in [7, 11) is 1.62. The summed E-state index contributed by atoms with van der Waals surface area (Å²) in [5, 5.41) is 11.1. The zero-order valence-electron chi connectivity index (χ0n) is 8.64. The smallest absolute Gasteiger partial charge is 0.153 e. The van der Waals surface area contributed by atoms with Gasteiger partial charge in [0.25, 0.3) is 0 Å². The molecule has 4 nitrogen and oxygen atoms in total.